The molecule has 0 radical (unpaired) electrons. The molecule has 1 fully saturated rings. The topological polar surface area (TPSA) is 75.7 Å². The fourth-order valence-corrected chi connectivity index (χ4v) is 5.64. The molecule has 1 saturated heterocycles. The third-order valence-electron chi connectivity index (χ3n) is 5.16. The number of methoxy groups -OCH3 is 1. The van der Waals surface area contributed by atoms with Gasteiger partial charge in [-0.05, 0) is 48.6 Å². The monoisotopic (exact) mass is 456 g/mol. The molecule has 1 N–H and O–H groups in total. The fraction of sp³-hybridized carbons (Fsp3) is 0.381. The lowest BCUT2D eigenvalue weighted by molar-refractivity contribution is 0.102. The Bertz CT molecular complexity index is 1100. The summed E-state index contributed by atoms with van der Waals surface area (Å²) in [4.78, 5) is 12.4. The number of rotatable bonds is 5. The van der Waals surface area contributed by atoms with Crippen molar-refractivity contribution in [2.75, 3.05) is 25.5 Å². The maximum absolute atomic E-state index is 13.9. The summed E-state index contributed by atoms with van der Waals surface area (Å²) in [5.41, 5.74) is -0.676. The second kappa shape index (κ2) is 8.88. The van der Waals surface area contributed by atoms with Gasteiger partial charge in [0, 0.05) is 18.7 Å². The van der Waals surface area contributed by atoms with Gasteiger partial charge in [0.1, 0.15) is 10.6 Å². The number of anilines is 1. The van der Waals surface area contributed by atoms with Crippen molar-refractivity contribution in [3.8, 4) is 5.75 Å². The van der Waals surface area contributed by atoms with Crippen molar-refractivity contribution in [1.29, 1.82) is 0 Å². The number of halogens is 3. The first-order valence-corrected chi connectivity index (χ1v) is 11.1. The van der Waals surface area contributed by atoms with Crippen molar-refractivity contribution in [3.63, 3.8) is 0 Å². The summed E-state index contributed by atoms with van der Waals surface area (Å²) in [7, 11) is -2.66. The number of carbonyl (C=O) groups is 1. The highest BCUT2D eigenvalue weighted by atomic mass is 32.2. The molecule has 2 atom stereocenters. The summed E-state index contributed by atoms with van der Waals surface area (Å²) in [6.45, 7) is 4.62. The predicted molar refractivity (Wildman–Crippen MR) is 109 cm³/mol. The third-order valence-corrected chi connectivity index (χ3v) is 7.02. The van der Waals surface area contributed by atoms with Gasteiger partial charge in [-0.2, -0.15) is 4.31 Å². The van der Waals surface area contributed by atoms with Gasteiger partial charge in [-0.25, -0.2) is 21.6 Å². The van der Waals surface area contributed by atoms with Gasteiger partial charge >= 0.3 is 0 Å². The van der Waals surface area contributed by atoms with Gasteiger partial charge in [-0.3, -0.25) is 4.79 Å². The summed E-state index contributed by atoms with van der Waals surface area (Å²) in [5.74, 6) is -5.14. The van der Waals surface area contributed by atoms with E-state index in [4.69, 9.17) is 4.74 Å². The minimum Gasteiger partial charge on any atom is -0.495 e. The number of nitrogens with zero attached hydrogens (tertiary/aromatic N) is 1. The zero-order chi connectivity index (χ0) is 22.9. The van der Waals surface area contributed by atoms with Crippen LogP contribution in [0.2, 0.25) is 0 Å². The Labute approximate surface area is 179 Å². The Balaban J connectivity index is 1.95. The lowest BCUT2D eigenvalue weighted by atomic mass is 9.94. The van der Waals surface area contributed by atoms with Crippen molar-refractivity contribution < 1.29 is 31.1 Å². The first-order chi connectivity index (χ1) is 14.5. The molecule has 0 aliphatic carbocycles. The van der Waals surface area contributed by atoms with Gasteiger partial charge in [0.15, 0.2) is 17.5 Å². The van der Waals surface area contributed by atoms with E-state index in [1.165, 1.54) is 23.5 Å². The molecule has 1 aliphatic rings. The smallest absolute Gasteiger partial charge is 0.255 e. The highest BCUT2D eigenvalue weighted by Crippen LogP contribution is 2.32. The summed E-state index contributed by atoms with van der Waals surface area (Å²) >= 11 is 0. The first kappa shape index (κ1) is 23.1. The van der Waals surface area contributed by atoms with Crippen molar-refractivity contribution >= 4 is 21.6 Å². The number of carbonyl (C=O) groups excluding carboxylic acids is 1. The molecule has 2 aromatic carbocycles. The quantitative estimate of drug-likeness (QED) is 0.690. The number of sulfonamides is 1. The van der Waals surface area contributed by atoms with Crippen LogP contribution in [0.25, 0.3) is 0 Å². The normalized spacial score (nSPS) is 19.8. The van der Waals surface area contributed by atoms with Crippen molar-refractivity contribution in [2.24, 2.45) is 11.8 Å². The van der Waals surface area contributed by atoms with Crippen molar-refractivity contribution in [2.45, 2.75) is 25.2 Å². The van der Waals surface area contributed by atoms with E-state index in [9.17, 15) is 26.4 Å². The van der Waals surface area contributed by atoms with Crippen LogP contribution in [0.4, 0.5) is 18.9 Å². The molecule has 1 heterocycles. The third kappa shape index (κ3) is 4.69. The number of amides is 1. The van der Waals surface area contributed by atoms with Gasteiger partial charge in [0.05, 0.1) is 12.8 Å². The summed E-state index contributed by atoms with van der Waals surface area (Å²) < 4.78 is 73.6. The number of piperidine rings is 1. The van der Waals surface area contributed by atoms with E-state index < -0.39 is 39.1 Å². The van der Waals surface area contributed by atoms with Gasteiger partial charge in [-0.1, -0.05) is 13.8 Å². The largest absolute Gasteiger partial charge is 0.495 e. The molecule has 6 nitrogen and oxygen atoms in total. The summed E-state index contributed by atoms with van der Waals surface area (Å²) in [6.07, 6.45) is 0.908. The van der Waals surface area contributed by atoms with Crippen LogP contribution in [-0.2, 0) is 10.0 Å². The lowest BCUT2D eigenvalue weighted by Gasteiger charge is -2.34. The number of nitrogens with one attached hydrogen (secondary N) is 1. The Morgan fingerprint density at radius 3 is 2.32 bits per heavy atom. The van der Waals surface area contributed by atoms with E-state index in [2.05, 4.69) is 5.32 Å². The Hall–Kier alpha value is -2.59. The minimum absolute atomic E-state index is 0.0569. The highest BCUT2D eigenvalue weighted by molar-refractivity contribution is 7.89. The molecule has 1 aliphatic heterocycles. The van der Waals surface area contributed by atoms with E-state index in [0.717, 1.165) is 18.6 Å². The van der Waals surface area contributed by atoms with Crippen LogP contribution in [0.15, 0.2) is 35.2 Å². The molecule has 31 heavy (non-hydrogen) atoms. The van der Waals surface area contributed by atoms with Crippen LogP contribution in [0.1, 0.15) is 30.6 Å². The molecule has 3 rings (SSSR count). The lowest BCUT2D eigenvalue weighted by Crippen LogP contribution is -2.42. The number of benzene rings is 2. The van der Waals surface area contributed by atoms with E-state index >= 15 is 0 Å². The average molecular weight is 456 g/mol. The Morgan fingerprint density at radius 2 is 1.71 bits per heavy atom. The number of ether oxygens (including phenoxy) is 1. The maximum Gasteiger partial charge on any atom is 0.255 e. The summed E-state index contributed by atoms with van der Waals surface area (Å²) in [5, 5.41) is 2.13. The molecule has 168 valence electrons. The molecule has 10 heteroatoms. The predicted octanol–water partition coefficient (Wildman–Crippen LogP) is 4.03. The van der Waals surface area contributed by atoms with Gasteiger partial charge in [-0.15, -0.1) is 0 Å². The fourth-order valence-electron chi connectivity index (χ4n) is 3.78. The number of hydrogen-bond donors (Lipinski definition) is 1. The second-order valence-electron chi connectivity index (χ2n) is 7.81. The van der Waals surface area contributed by atoms with E-state index in [1.54, 1.807) is 0 Å². The molecular formula is C21H23F3N2O4S. The minimum atomic E-state index is -3.98. The van der Waals surface area contributed by atoms with E-state index in [1.807, 2.05) is 13.8 Å². The SMILES string of the molecule is COc1ccc(C(=O)Nc2ccc(F)c(F)c2F)cc1S(=O)(=O)N1CC(C)CC(C)C1. The highest BCUT2D eigenvalue weighted by Gasteiger charge is 2.34. The molecule has 0 spiro atoms. The molecule has 0 saturated carbocycles. The van der Waals surface area contributed by atoms with Crippen molar-refractivity contribution in [3.05, 3.63) is 53.3 Å². The van der Waals surface area contributed by atoms with Crippen LogP contribution >= 0.6 is 0 Å². The molecule has 0 bridgehead atoms. The molecule has 0 aromatic heterocycles. The van der Waals surface area contributed by atoms with Gasteiger partial charge in [0.2, 0.25) is 10.0 Å². The van der Waals surface area contributed by atoms with Crippen LogP contribution in [0.3, 0.4) is 0 Å². The Kier molecular flexibility index (Phi) is 6.61. The van der Waals surface area contributed by atoms with Crippen molar-refractivity contribution in [1.82, 2.24) is 4.31 Å². The van der Waals surface area contributed by atoms with E-state index in [0.29, 0.717) is 19.2 Å². The van der Waals surface area contributed by atoms with Gasteiger partial charge in [0.25, 0.3) is 5.91 Å². The second-order valence-corrected chi connectivity index (χ2v) is 9.72. The van der Waals surface area contributed by atoms with Gasteiger partial charge < -0.3 is 10.1 Å². The molecule has 1 amide bonds. The van der Waals surface area contributed by atoms with Crippen LogP contribution in [0.5, 0.6) is 5.75 Å². The van der Waals surface area contributed by atoms with Crippen LogP contribution < -0.4 is 10.1 Å². The molecule has 2 aromatic rings. The maximum atomic E-state index is 13.9. The molecular weight excluding hydrogens is 433 g/mol. The summed E-state index contributed by atoms with van der Waals surface area (Å²) in [6, 6.07) is 5.30. The molecule has 2 unspecified atom stereocenters. The standard InChI is InChI=1S/C21H23F3N2O4S/c1-12-8-13(2)11-26(10-12)31(28,29)18-9-14(4-7-17(18)30-3)21(27)25-16-6-5-15(22)19(23)20(16)24/h4-7,9,12-13H,8,10-11H2,1-3H3,(H,25,27). The van der Waals surface area contributed by atoms with Crippen LogP contribution in [-0.4, -0.2) is 38.8 Å². The average Bonchev–Trinajstić information content (AvgIpc) is 2.72. The Morgan fingerprint density at radius 1 is 1.06 bits per heavy atom. The number of hydrogen-bond acceptors (Lipinski definition) is 4. The zero-order valence-electron chi connectivity index (χ0n) is 17.3. The zero-order valence-corrected chi connectivity index (χ0v) is 18.1. The van der Waals surface area contributed by atoms with Crippen LogP contribution in [0, 0.1) is 29.3 Å². The van der Waals surface area contributed by atoms with E-state index in [-0.39, 0.29) is 28.0 Å². The first-order valence-electron chi connectivity index (χ1n) is 9.67.